The fraction of sp³-hybridized carbons (Fsp3) is 0.341. The minimum atomic E-state index is 0.0767. The lowest BCUT2D eigenvalue weighted by Gasteiger charge is -2.26. The summed E-state index contributed by atoms with van der Waals surface area (Å²) in [5, 5.41) is 2.48. The molecular weight excluding hydrogens is 708 g/mol. The molecule has 2 aromatic heterocycles. The van der Waals surface area contributed by atoms with E-state index < -0.39 is 0 Å². The van der Waals surface area contributed by atoms with Crippen LogP contribution >= 0.6 is 31.9 Å². The molecule has 0 radical (unpaired) electrons. The zero-order valence-electron chi connectivity index (χ0n) is 28.4. The number of fused-ring (bicyclic) bond motifs is 3. The summed E-state index contributed by atoms with van der Waals surface area (Å²) in [6.45, 7) is 14.1. The van der Waals surface area contributed by atoms with Crippen molar-refractivity contribution in [1.82, 2.24) is 19.5 Å². The molecule has 0 saturated carbocycles. The highest BCUT2D eigenvalue weighted by Gasteiger charge is 2.25. The first-order valence-electron chi connectivity index (χ1n) is 16.9. The number of hydrogen-bond acceptors (Lipinski definition) is 3. The van der Waals surface area contributed by atoms with E-state index in [1.54, 1.807) is 0 Å². The summed E-state index contributed by atoms with van der Waals surface area (Å²) in [4.78, 5) is 15.3. The van der Waals surface area contributed by atoms with E-state index in [9.17, 15) is 0 Å². The topological polar surface area (TPSA) is 43.6 Å². The molecule has 6 rings (SSSR count). The summed E-state index contributed by atoms with van der Waals surface area (Å²) >= 11 is 7.16. The van der Waals surface area contributed by atoms with Crippen LogP contribution in [0.1, 0.15) is 91.2 Å². The molecule has 6 heteroatoms. The van der Waals surface area contributed by atoms with Gasteiger partial charge in [-0.2, -0.15) is 9.97 Å². The van der Waals surface area contributed by atoms with E-state index in [0.717, 1.165) is 43.9 Å². The summed E-state index contributed by atoms with van der Waals surface area (Å²) in [6, 6.07) is 30.4. The van der Waals surface area contributed by atoms with E-state index in [4.69, 9.17) is 15.0 Å². The van der Waals surface area contributed by atoms with Gasteiger partial charge in [0.05, 0.1) is 11.0 Å². The Bertz CT molecular complexity index is 1880. The van der Waals surface area contributed by atoms with E-state index in [-0.39, 0.29) is 10.8 Å². The van der Waals surface area contributed by atoms with Crippen LogP contribution in [0.4, 0.5) is 0 Å². The second kappa shape index (κ2) is 13.6. The normalized spacial score (nSPS) is 12.3. The van der Waals surface area contributed by atoms with Crippen molar-refractivity contribution in [2.75, 3.05) is 0 Å². The SMILES string of the molecule is CCCCC(C)(C)c1ccc2c(c1)c1cc(C(C)(C)CCCC)ccc1n2-c1nc(-c2ccc(Br)cc2)nc(-c2ccc(Br)cc2)n1. The number of rotatable bonds is 11. The van der Waals surface area contributed by atoms with Crippen LogP contribution in [-0.2, 0) is 10.8 Å². The van der Waals surface area contributed by atoms with Gasteiger partial charge in [-0.3, -0.25) is 4.57 Å². The Morgan fingerprint density at radius 3 is 1.34 bits per heavy atom. The molecule has 4 aromatic carbocycles. The summed E-state index contributed by atoms with van der Waals surface area (Å²) in [7, 11) is 0. The molecule has 4 nitrogen and oxygen atoms in total. The van der Waals surface area contributed by atoms with Gasteiger partial charge in [0.15, 0.2) is 11.6 Å². The Morgan fingerprint density at radius 2 is 0.957 bits per heavy atom. The predicted molar refractivity (Wildman–Crippen MR) is 206 cm³/mol. The molecule has 0 amide bonds. The number of benzene rings is 4. The van der Waals surface area contributed by atoms with Crippen LogP contribution in [0.3, 0.4) is 0 Å². The first kappa shape index (κ1) is 33.5. The van der Waals surface area contributed by atoms with Crippen LogP contribution in [0.2, 0.25) is 0 Å². The van der Waals surface area contributed by atoms with Crippen LogP contribution < -0.4 is 0 Å². The van der Waals surface area contributed by atoms with E-state index in [0.29, 0.717) is 17.6 Å². The van der Waals surface area contributed by atoms with E-state index in [1.807, 2.05) is 24.3 Å². The third-order valence-electron chi connectivity index (χ3n) is 9.67. The average molecular weight is 753 g/mol. The van der Waals surface area contributed by atoms with Crippen LogP contribution in [-0.4, -0.2) is 19.5 Å². The van der Waals surface area contributed by atoms with Crippen molar-refractivity contribution in [3.63, 3.8) is 0 Å². The van der Waals surface area contributed by atoms with Gasteiger partial charge in [-0.25, -0.2) is 4.98 Å². The quantitative estimate of drug-likeness (QED) is 0.132. The molecular formula is C41H44Br2N4. The maximum absolute atomic E-state index is 5.16. The van der Waals surface area contributed by atoms with Gasteiger partial charge in [-0.05, 0) is 83.3 Å². The molecule has 6 aromatic rings. The van der Waals surface area contributed by atoms with Gasteiger partial charge in [-0.15, -0.1) is 0 Å². The summed E-state index contributed by atoms with van der Waals surface area (Å²) < 4.78 is 4.27. The zero-order chi connectivity index (χ0) is 33.3. The van der Waals surface area contributed by atoms with Crippen molar-refractivity contribution in [1.29, 1.82) is 0 Å². The van der Waals surface area contributed by atoms with Crippen molar-refractivity contribution in [3.8, 4) is 28.7 Å². The van der Waals surface area contributed by atoms with E-state index >= 15 is 0 Å². The van der Waals surface area contributed by atoms with Crippen LogP contribution in [0.5, 0.6) is 0 Å². The third-order valence-corrected chi connectivity index (χ3v) is 10.7. The Balaban J connectivity index is 1.63. The highest BCUT2D eigenvalue weighted by Crippen LogP contribution is 2.39. The van der Waals surface area contributed by atoms with Crippen molar-refractivity contribution in [2.24, 2.45) is 0 Å². The van der Waals surface area contributed by atoms with Crippen molar-refractivity contribution in [3.05, 3.63) is 105 Å². The van der Waals surface area contributed by atoms with Gasteiger partial charge in [0.25, 0.3) is 0 Å². The second-order valence-electron chi connectivity index (χ2n) is 14.1. The van der Waals surface area contributed by atoms with Crippen LogP contribution in [0.25, 0.3) is 50.5 Å². The number of aromatic nitrogens is 4. The summed E-state index contributed by atoms with van der Waals surface area (Å²) in [6.07, 6.45) is 7.13. The van der Waals surface area contributed by atoms with Crippen LogP contribution in [0, 0.1) is 0 Å². The molecule has 0 unspecified atom stereocenters. The van der Waals surface area contributed by atoms with Gasteiger partial charge in [-0.1, -0.05) is 135 Å². The molecule has 2 heterocycles. The minimum Gasteiger partial charge on any atom is -0.278 e. The van der Waals surface area contributed by atoms with Gasteiger partial charge in [0, 0.05) is 30.8 Å². The predicted octanol–water partition coefficient (Wildman–Crippen LogP) is 12.8. The summed E-state index contributed by atoms with van der Waals surface area (Å²) in [5.74, 6) is 1.90. The fourth-order valence-corrected chi connectivity index (χ4v) is 7.06. The van der Waals surface area contributed by atoms with Gasteiger partial charge >= 0.3 is 0 Å². The number of nitrogens with zero attached hydrogens (tertiary/aromatic N) is 4. The Labute approximate surface area is 296 Å². The number of hydrogen-bond donors (Lipinski definition) is 0. The molecule has 0 aliphatic heterocycles. The van der Waals surface area contributed by atoms with Crippen molar-refractivity contribution >= 4 is 53.7 Å². The van der Waals surface area contributed by atoms with E-state index in [1.165, 1.54) is 47.6 Å². The smallest absolute Gasteiger partial charge is 0.238 e. The standard InChI is InChI=1S/C41H44Br2N4/c1-7-9-23-40(3,4)29-15-21-35-33(25-29)34-26-30(41(5,6)24-10-8-2)16-22-36(34)47(35)39-45-37(27-11-17-31(42)18-12-27)44-38(46-39)28-13-19-32(43)20-14-28/h11-22,25-26H,7-10,23-24H2,1-6H3. The number of halogens is 2. The Morgan fingerprint density at radius 1 is 0.553 bits per heavy atom. The van der Waals surface area contributed by atoms with E-state index in [2.05, 4.69) is 139 Å². The number of unbranched alkanes of at least 4 members (excludes halogenated alkanes) is 2. The first-order chi connectivity index (χ1) is 22.5. The lowest BCUT2D eigenvalue weighted by molar-refractivity contribution is 0.458. The van der Waals surface area contributed by atoms with Crippen LogP contribution in [0.15, 0.2) is 93.9 Å². The molecule has 0 N–H and O–H groups in total. The Hall–Kier alpha value is -3.35. The third kappa shape index (κ3) is 6.96. The zero-order valence-corrected chi connectivity index (χ0v) is 31.5. The first-order valence-corrected chi connectivity index (χ1v) is 18.5. The maximum atomic E-state index is 5.16. The monoisotopic (exact) mass is 750 g/mol. The highest BCUT2D eigenvalue weighted by molar-refractivity contribution is 9.10. The molecule has 0 spiro atoms. The average Bonchev–Trinajstić information content (AvgIpc) is 3.40. The van der Waals surface area contributed by atoms with Gasteiger partial charge in [0.2, 0.25) is 5.95 Å². The summed E-state index contributed by atoms with van der Waals surface area (Å²) in [5.41, 5.74) is 6.98. The lowest BCUT2D eigenvalue weighted by atomic mass is 9.79. The molecule has 47 heavy (non-hydrogen) atoms. The van der Waals surface area contributed by atoms with Gasteiger partial charge in [0.1, 0.15) is 0 Å². The Kier molecular flexibility index (Phi) is 9.74. The molecule has 0 fully saturated rings. The fourth-order valence-electron chi connectivity index (χ4n) is 6.53. The molecule has 0 bridgehead atoms. The maximum Gasteiger partial charge on any atom is 0.238 e. The second-order valence-corrected chi connectivity index (χ2v) is 15.9. The molecule has 0 aliphatic rings. The lowest BCUT2D eigenvalue weighted by Crippen LogP contribution is -2.17. The minimum absolute atomic E-state index is 0.0767. The molecule has 0 atom stereocenters. The highest BCUT2D eigenvalue weighted by atomic mass is 79.9. The molecule has 0 aliphatic carbocycles. The molecule has 242 valence electrons. The molecule has 0 saturated heterocycles. The van der Waals surface area contributed by atoms with Crippen molar-refractivity contribution < 1.29 is 0 Å². The largest absolute Gasteiger partial charge is 0.278 e. The van der Waals surface area contributed by atoms with Gasteiger partial charge < -0.3 is 0 Å². The van der Waals surface area contributed by atoms with Crippen molar-refractivity contribution in [2.45, 2.75) is 90.9 Å².